The maximum absolute atomic E-state index is 12.7. The number of amidine groups is 1. The van der Waals surface area contributed by atoms with E-state index in [2.05, 4.69) is 10.3 Å². The molecule has 3 rings (SSSR count). The Hall–Kier alpha value is -2.30. The van der Waals surface area contributed by atoms with Crippen LogP contribution in [0.2, 0.25) is 0 Å². The SMILES string of the molecule is NC(/C=C\Nc1ccccc1)=NC(=O)C1(c2ccccc2)CC1(Cl)Cl. The van der Waals surface area contributed by atoms with Gasteiger partial charge in [-0.15, -0.1) is 23.2 Å². The van der Waals surface area contributed by atoms with Gasteiger partial charge in [-0.2, -0.15) is 4.99 Å². The Morgan fingerprint density at radius 2 is 1.64 bits per heavy atom. The average molecular weight is 374 g/mol. The Kier molecular flexibility index (Phi) is 4.84. The Morgan fingerprint density at radius 3 is 2.20 bits per heavy atom. The van der Waals surface area contributed by atoms with Crippen molar-refractivity contribution < 1.29 is 4.79 Å². The maximum Gasteiger partial charge on any atom is 0.261 e. The van der Waals surface area contributed by atoms with E-state index in [0.29, 0.717) is 6.42 Å². The highest BCUT2D eigenvalue weighted by molar-refractivity contribution is 6.54. The van der Waals surface area contributed by atoms with Gasteiger partial charge < -0.3 is 11.1 Å². The van der Waals surface area contributed by atoms with E-state index in [4.69, 9.17) is 28.9 Å². The summed E-state index contributed by atoms with van der Waals surface area (Å²) in [5.41, 5.74) is 6.45. The third kappa shape index (κ3) is 3.55. The predicted octanol–water partition coefficient (Wildman–Crippen LogP) is 4.01. The van der Waals surface area contributed by atoms with Crippen molar-refractivity contribution in [2.45, 2.75) is 16.2 Å². The topological polar surface area (TPSA) is 67.5 Å². The van der Waals surface area contributed by atoms with Gasteiger partial charge in [-0.25, -0.2) is 0 Å². The van der Waals surface area contributed by atoms with Gasteiger partial charge in [-0.1, -0.05) is 48.5 Å². The lowest BCUT2D eigenvalue weighted by Gasteiger charge is -2.14. The monoisotopic (exact) mass is 373 g/mol. The van der Waals surface area contributed by atoms with Crippen molar-refractivity contribution in [1.29, 1.82) is 0 Å². The zero-order valence-electron chi connectivity index (χ0n) is 13.3. The maximum atomic E-state index is 12.7. The molecule has 0 aromatic heterocycles. The van der Waals surface area contributed by atoms with Crippen LogP contribution in [0.25, 0.3) is 0 Å². The van der Waals surface area contributed by atoms with Crippen LogP contribution < -0.4 is 11.1 Å². The van der Waals surface area contributed by atoms with Crippen molar-refractivity contribution >= 4 is 40.6 Å². The van der Waals surface area contributed by atoms with E-state index >= 15 is 0 Å². The highest BCUT2D eigenvalue weighted by atomic mass is 35.5. The second-order valence-corrected chi connectivity index (χ2v) is 7.32. The first-order valence-electron chi connectivity index (χ1n) is 7.76. The van der Waals surface area contributed by atoms with Crippen molar-refractivity contribution in [3.63, 3.8) is 0 Å². The van der Waals surface area contributed by atoms with Crippen molar-refractivity contribution in [1.82, 2.24) is 0 Å². The number of rotatable bonds is 5. The van der Waals surface area contributed by atoms with Crippen LogP contribution in [0.15, 0.2) is 77.9 Å². The van der Waals surface area contributed by atoms with Gasteiger partial charge in [0.25, 0.3) is 5.91 Å². The number of anilines is 1. The van der Waals surface area contributed by atoms with Gasteiger partial charge in [0, 0.05) is 18.3 Å². The first-order valence-corrected chi connectivity index (χ1v) is 8.51. The second-order valence-electron chi connectivity index (χ2n) is 5.84. The predicted molar refractivity (Wildman–Crippen MR) is 103 cm³/mol. The zero-order chi connectivity index (χ0) is 17.9. The smallest absolute Gasteiger partial charge is 0.261 e. The van der Waals surface area contributed by atoms with Crippen molar-refractivity contribution in [3.05, 3.63) is 78.5 Å². The molecule has 1 aliphatic carbocycles. The highest BCUT2D eigenvalue weighted by Gasteiger charge is 2.72. The standard InChI is InChI=1S/C19H17Cl2N3O/c20-19(21)13-18(19,14-7-3-1-4-8-14)17(25)24-16(22)11-12-23-15-9-5-2-6-10-15/h1-12,23H,13H2,(H2,22,24,25)/b12-11-. The lowest BCUT2D eigenvalue weighted by atomic mass is 9.95. The van der Waals surface area contributed by atoms with Gasteiger partial charge >= 0.3 is 0 Å². The molecular weight excluding hydrogens is 357 g/mol. The summed E-state index contributed by atoms with van der Waals surface area (Å²) in [4.78, 5) is 16.7. The van der Waals surface area contributed by atoms with E-state index in [1.807, 2.05) is 60.7 Å². The molecule has 0 radical (unpaired) electrons. The number of nitrogens with one attached hydrogen (secondary N) is 1. The summed E-state index contributed by atoms with van der Waals surface area (Å²) in [6, 6.07) is 18.7. The summed E-state index contributed by atoms with van der Waals surface area (Å²) in [6.45, 7) is 0. The molecule has 0 bridgehead atoms. The fraction of sp³-hybridized carbons (Fsp3) is 0.158. The van der Waals surface area contributed by atoms with Crippen LogP contribution in [0, 0.1) is 0 Å². The number of alkyl halides is 2. The van der Waals surface area contributed by atoms with Gasteiger partial charge in [0.05, 0.1) is 0 Å². The van der Waals surface area contributed by atoms with E-state index in [1.54, 1.807) is 6.20 Å². The fourth-order valence-corrected chi connectivity index (χ4v) is 3.47. The minimum Gasteiger partial charge on any atom is -0.384 e. The Bertz CT molecular complexity index is 819. The number of nitrogens with two attached hydrogens (primary N) is 1. The van der Waals surface area contributed by atoms with Crippen LogP contribution in [0.5, 0.6) is 0 Å². The van der Waals surface area contributed by atoms with Gasteiger partial charge in [0.2, 0.25) is 0 Å². The molecule has 0 heterocycles. The molecule has 4 nitrogen and oxygen atoms in total. The lowest BCUT2D eigenvalue weighted by molar-refractivity contribution is -0.120. The molecule has 0 spiro atoms. The van der Waals surface area contributed by atoms with Crippen molar-refractivity contribution in [2.75, 3.05) is 5.32 Å². The molecule has 1 fully saturated rings. The number of amides is 1. The molecule has 128 valence electrons. The van der Waals surface area contributed by atoms with Crippen LogP contribution in [0.3, 0.4) is 0 Å². The molecule has 1 unspecified atom stereocenters. The van der Waals surface area contributed by atoms with Crippen LogP contribution in [0.4, 0.5) is 5.69 Å². The first-order chi connectivity index (χ1) is 12.0. The van der Waals surface area contributed by atoms with E-state index in [-0.39, 0.29) is 5.84 Å². The van der Waals surface area contributed by atoms with Crippen LogP contribution in [0.1, 0.15) is 12.0 Å². The molecule has 1 saturated carbocycles. The third-order valence-electron chi connectivity index (χ3n) is 4.13. The second kappa shape index (κ2) is 6.90. The number of benzene rings is 2. The average Bonchev–Trinajstić information content (AvgIpc) is 3.20. The highest BCUT2D eigenvalue weighted by Crippen LogP contribution is 2.65. The molecule has 2 aromatic rings. The van der Waals surface area contributed by atoms with Crippen molar-refractivity contribution in [3.8, 4) is 0 Å². The summed E-state index contributed by atoms with van der Waals surface area (Å²) >= 11 is 12.5. The van der Waals surface area contributed by atoms with E-state index in [9.17, 15) is 4.79 Å². The van der Waals surface area contributed by atoms with Gasteiger partial charge in [0.1, 0.15) is 15.6 Å². The number of aliphatic imine (C=N–C) groups is 1. The van der Waals surface area contributed by atoms with E-state index in [1.165, 1.54) is 6.08 Å². The number of hydrogen-bond donors (Lipinski definition) is 2. The Morgan fingerprint density at radius 1 is 1.08 bits per heavy atom. The normalized spacial score (nSPS) is 21.9. The van der Waals surface area contributed by atoms with E-state index in [0.717, 1.165) is 11.3 Å². The summed E-state index contributed by atoms with van der Waals surface area (Å²) in [7, 11) is 0. The molecule has 1 aliphatic rings. The van der Waals surface area contributed by atoms with Crippen LogP contribution in [-0.2, 0) is 10.2 Å². The summed E-state index contributed by atoms with van der Waals surface area (Å²) < 4.78 is -1.17. The number of carbonyl (C=O) groups excluding carboxylic acids is 1. The minimum atomic E-state index is -1.17. The first kappa shape index (κ1) is 17.5. The summed E-state index contributed by atoms with van der Waals surface area (Å²) in [5.74, 6) is -0.356. The number of carbonyl (C=O) groups is 1. The molecule has 1 atom stereocenters. The van der Waals surface area contributed by atoms with Gasteiger partial charge in [-0.3, -0.25) is 4.79 Å². The quantitative estimate of drug-likeness (QED) is 0.472. The zero-order valence-corrected chi connectivity index (χ0v) is 14.8. The molecule has 0 saturated heterocycles. The molecule has 6 heteroatoms. The molecular formula is C19H17Cl2N3O. The molecule has 2 aromatic carbocycles. The lowest BCUT2D eigenvalue weighted by Crippen LogP contribution is -2.27. The molecule has 25 heavy (non-hydrogen) atoms. The number of nitrogens with zero attached hydrogens (tertiary/aromatic N) is 1. The van der Waals surface area contributed by atoms with Gasteiger partial charge in [0.15, 0.2) is 0 Å². The minimum absolute atomic E-state index is 0.0831. The summed E-state index contributed by atoms with van der Waals surface area (Å²) in [6.07, 6.45) is 3.46. The molecule has 0 aliphatic heterocycles. The number of halogens is 2. The largest absolute Gasteiger partial charge is 0.384 e. The van der Waals surface area contributed by atoms with Crippen LogP contribution in [-0.4, -0.2) is 16.1 Å². The third-order valence-corrected chi connectivity index (χ3v) is 5.04. The Balaban J connectivity index is 1.74. The van der Waals surface area contributed by atoms with Crippen LogP contribution >= 0.6 is 23.2 Å². The molecule has 3 N–H and O–H groups in total. The summed E-state index contributed by atoms with van der Waals surface area (Å²) in [5, 5.41) is 3.05. The number of para-hydroxylation sites is 1. The number of hydrogen-bond acceptors (Lipinski definition) is 2. The molecule has 1 amide bonds. The van der Waals surface area contributed by atoms with Gasteiger partial charge in [-0.05, 0) is 23.8 Å². The van der Waals surface area contributed by atoms with Crippen molar-refractivity contribution in [2.24, 2.45) is 10.7 Å². The Labute approximate surface area is 156 Å². The van der Waals surface area contributed by atoms with E-state index < -0.39 is 15.7 Å². The fourth-order valence-electron chi connectivity index (χ4n) is 2.69.